The Hall–Kier alpha value is -2.37. The smallest absolute Gasteiger partial charge is 0.410 e. The molecule has 204 valence electrons. The average Bonchev–Trinajstić information content (AvgIpc) is 3.00. The van der Waals surface area contributed by atoms with Crippen molar-refractivity contribution in [1.29, 1.82) is 0 Å². The van der Waals surface area contributed by atoms with Crippen LogP contribution in [0.25, 0.3) is 11.1 Å². The van der Waals surface area contributed by atoms with Gasteiger partial charge in [0, 0.05) is 48.4 Å². The molecule has 0 bridgehead atoms. The van der Waals surface area contributed by atoms with Crippen molar-refractivity contribution in [2.24, 2.45) is 0 Å². The Morgan fingerprint density at radius 2 is 1.89 bits per heavy atom. The molecule has 2 aromatic carbocycles. The van der Waals surface area contributed by atoms with Crippen LogP contribution in [-0.2, 0) is 11.3 Å². The molecule has 0 unspecified atom stereocenters. The number of rotatable bonds is 2. The lowest BCUT2D eigenvalue weighted by Gasteiger charge is -2.40. The summed E-state index contributed by atoms with van der Waals surface area (Å²) in [5.41, 5.74) is 6.13. The normalized spacial score (nSPS) is 17.8. The molecule has 2 heterocycles. The lowest BCUT2D eigenvalue weighted by atomic mass is 9.95. The van der Waals surface area contributed by atoms with Gasteiger partial charge in [-0.2, -0.15) is 0 Å². The van der Waals surface area contributed by atoms with Crippen LogP contribution in [0.15, 0.2) is 24.3 Å². The SMILES string of the molecule is COc1cccc(Cl)c1-c1c(C#C[Si](C)(C)C)cc2c(c1Cl)OC[C@H]1CN(C(=O)OC(C)(C)C)CCN1C2. The first kappa shape index (κ1) is 28.6. The summed E-state index contributed by atoms with van der Waals surface area (Å²) in [4.78, 5) is 16.8. The number of benzene rings is 2. The Bertz CT molecular complexity index is 1290. The highest BCUT2D eigenvalue weighted by Crippen LogP contribution is 2.47. The molecule has 0 N–H and O–H groups in total. The van der Waals surface area contributed by atoms with Gasteiger partial charge in [0.15, 0.2) is 0 Å². The molecular weight excluding hydrogens is 539 g/mol. The predicted molar refractivity (Wildman–Crippen MR) is 156 cm³/mol. The van der Waals surface area contributed by atoms with Gasteiger partial charge in [0.2, 0.25) is 0 Å². The quantitative estimate of drug-likeness (QED) is 0.294. The van der Waals surface area contributed by atoms with E-state index in [0.717, 1.165) is 11.1 Å². The molecule has 4 rings (SSSR count). The van der Waals surface area contributed by atoms with E-state index >= 15 is 0 Å². The Labute approximate surface area is 237 Å². The molecular formula is C29H36Cl2N2O4Si. The molecule has 0 saturated carbocycles. The van der Waals surface area contributed by atoms with Gasteiger partial charge in [0.1, 0.15) is 31.8 Å². The van der Waals surface area contributed by atoms with E-state index in [1.807, 2.05) is 39.0 Å². The third kappa shape index (κ3) is 6.43. The molecule has 2 aliphatic rings. The highest BCUT2D eigenvalue weighted by Gasteiger charge is 2.36. The topological polar surface area (TPSA) is 51.2 Å². The summed E-state index contributed by atoms with van der Waals surface area (Å²) >= 11 is 13.8. The number of carbonyl (C=O) groups is 1. The van der Waals surface area contributed by atoms with Crippen molar-refractivity contribution in [2.45, 2.75) is 58.6 Å². The standard InChI is InChI=1S/C29H36Cl2N2O4Si/c1-29(2,3)37-28(34)33-13-12-32-16-20-15-19(11-14-38(5,6)7)24(25-22(30)9-8-10-23(25)35-4)26(31)27(20)36-18-21(32)17-33/h8-10,15,21H,12-13,16-18H2,1-7H3/t21-/m1/s1. The van der Waals surface area contributed by atoms with Crippen LogP contribution in [0.1, 0.15) is 31.9 Å². The molecule has 1 atom stereocenters. The lowest BCUT2D eigenvalue weighted by molar-refractivity contribution is -0.00154. The van der Waals surface area contributed by atoms with E-state index < -0.39 is 13.7 Å². The summed E-state index contributed by atoms with van der Waals surface area (Å²) in [6.45, 7) is 15.1. The van der Waals surface area contributed by atoms with E-state index in [1.165, 1.54) is 0 Å². The number of nitrogens with zero attached hydrogens (tertiary/aromatic N) is 2. The molecule has 0 aliphatic carbocycles. The molecule has 2 aromatic rings. The van der Waals surface area contributed by atoms with Gasteiger partial charge in [-0.3, -0.25) is 4.90 Å². The molecule has 0 radical (unpaired) electrons. The second-order valence-corrected chi connectivity index (χ2v) is 17.3. The van der Waals surface area contributed by atoms with Crippen LogP contribution in [-0.4, -0.2) is 69.0 Å². The largest absolute Gasteiger partial charge is 0.496 e. The minimum atomic E-state index is -1.69. The first-order valence-corrected chi connectivity index (χ1v) is 17.1. The summed E-state index contributed by atoms with van der Waals surface area (Å²) in [5, 5.41) is 0.999. The van der Waals surface area contributed by atoms with Crippen molar-refractivity contribution in [3.05, 3.63) is 45.4 Å². The van der Waals surface area contributed by atoms with E-state index in [2.05, 4.69) is 42.1 Å². The van der Waals surface area contributed by atoms with E-state index in [9.17, 15) is 4.79 Å². The molecule has 6 nitrogen and oxygen atoms in total. The van der Waals surface area contributed by atoms with Gasteiger partial charge in [0.05, 0.1) is 23.2 Å². The fourth-order valence-electron chi connectivity index (χ4n) is 4.62. The van der Waals surface area contributed by atoms with Gasteiger partial charge in [-0.1, -0.05) is 54.8 Å². The number of hydrogen-bond donors (Lipinski definition) is 0. The third-order valence-electron chi connectivity index (χ3n) is 6.37. The summed E-state index contributed by atoms with van der Waals surface area (Å²) in [7, 11) is -0.0695. The van der Waals surface area contributed by atoms with Crippen molar-refractivity contribution in [3.63, 3.8) is 0 Å². The van der Waals surface area contributed by atoms with Gasteiger partial charge >= 0.3 is 6.09 Å². The van der Waals surface area contributed by atoms with Crippen LogP contribution in [0.4, 0.5) is 4.79 Å². The van der Waals surface area contributed by atoms with Crippen LogP contribution < -0.4 is 9.47 Å². The fourth-order valence-corrected chi connectivity index (χ4v) is 5.77. The van der Waals surface area contributed by atoms with E-state index in [1.54, 1.807) is 12.0 Å². The van der Waals surface area contributed by atoms with Crippen LogP contribution in [0.3, 0.4) is 0 Å². The van der Waals surface area contributed by atoms with Crippen LogP contribution in [0.2, 0.25) is 29.7 Å². The average molecular weight is 576 g/mol. The van der Waals surface area contributed by atoms with Crippen molar-refractivity contribution >= 4 is 37.4 Å². The van der Waals surface area contributed by atoms with Crippen molar-refractivity contribution in [3.8, 4) is 34.1 Å². The van der Waals surface area contributed by atoms with Crippen molar-refractivity contribution in [2.75, 3.05) is 33.4 Å². The first-order valence-electron chi connectivity index (χ1n) is 12.8. The zero-order valence-corrected chi connectivity index (χ0v) is 25.7. The number of hydrogen-bond acceptors (Lipinski definition) is 5. The lowest BCUT2D eigenvalue weighted by Crippen LogP contribution is -2.56. The number of halogens is 2. The maximum Gasteiger partial charge on any atom is 0.410 e. The Morgan fingerprint density at radius 3 is 2.55 bits per heavy atom. The second-order valence-electron chi connectivity index (χ2n) is 11.8. The molecule has 0 spiro atoms. The van der Waals surface area contributed by atoms with E-state index in [-0.39, 0.29) is 12.1 Å². The number of amides is 1. The van der Waals surface area contributed by atoms with E-state index in [4.69, 9.17) is 37.4 Å². The number of ether oxygens (including phenoxy) is 3. The zero-order valence-electron chi connectivity index (χ0n) is 23.2. The summed E-state index contributed by atoms with van der Waals surface area (Å²) in [6, 6.07) is 7.62. The number of carbonyl (C=O) groups excluding carboxylic acids is 1. The van der Waals surface area contributed by atoms with Crippen LogP contribution in [0, 0.1) is 11.5 Å². The molecule has 38 heavy (non-hydrogen) atoms. The van der Waals surface area contributed by atoms with Gasteiger partial charge in [-0.15, -0.1) is 5.54 Å². The number of piperazine rings is 1. The molecule has 1 saturated heterocycles. The third-order valence-corrected chi connectivity index (χ3v) is 7.92. The van der Waals surface area contributed by atoms with Gasteiger partial charge in [0.25, 0.3) is 0 Å². The number of fused-ring (bicyclic) bond motifs is 2. The summed E-state index contributed by atoms with van der Waals surface area (Å²) < 4.78 is 17.7. The minimum Gasteiger partial charge on any atom is -0.496 e. The Balaban J connectivity index is 1.75. The monoisotopic (exact) mass is 574 g/mol. The van der Waals surface area contributed by atoms with Gasteiger partial charge < -0.3 is 19.1 Å². The molecule has 9 heteroatoms. The van der Waals surface area contributed by atoms with Crippen LogP contribution in [0.5, 0.6) is 11.5 Å². The predicted octanol–water partition coefficient (Wildman–Crippen LogP) is 6.71. The maximum atomic E-state index is 12.7. The number of methoxy groups -OCH3 is 1. The first-order chi connectivity index (χ1) is 17.8. The summed E-state index contributed by atoms with van der Waals surface area (Å²) in [5.74, 6) is 4.67. The fraction of sp³-hybridized carbons (Fsp3) is 0.483. The summed E-state index contributed by atoms with van der Waals surface area (Å²) in [6.07, 6.45) is -0.297. The van der Waals surface area contributed by atoms with E-state index in [0.29, 0.717) is 65.5 Å². The maximum absolute atomic E-state index is 12.7. The molecule has 2 aliphatic heterocycles. The molecule has 0 aromatic heterocycles. The van der Waals surface area contributed by atoms with Crippen molar-refractivity contribution in [1.82, 2.24) is 9.80 Å². The minimum absolute atomic E-state index is 0.00884. The highest BCUT2D eigenvalue weighted by atomic mass is 35.5. The molecule has 1 fully saturated rings. The highest BCUT2D eigenvalue weighted by molar-refractivity contribution is 6.83. The second kappa shape index (κ2) is 11.0. The van der Waals surface area contributed by atoms with Gasteiger partial charge in [-0.05, 0) is 39.0 Å². The van der Waals surface area contributed by atoms with Crippen molar-refractivity contribution < 1.29 is 19.0 Å². The Morgan fingerprint density at radius 1 is 1.16 bits per heavy atom. The Kier molecular flexibility index (Phi) is 8.30. The molecule has 1 amide bonds. The van der Waals surface area contributed by atoms with Crippen LogP contribution >= 0.6 is 23.2 Å². The van der Waals surface area contributed by atoms with Gasteiger partial charge in [-0.25, -0.2) is 4.79 Å². The zero-order chi connectivity index (χ0) is 27.8.